The molecule has 1 amide bonds. The van der Waals surface area contributed by atoms with Gasteiger partial charge in [-0.05, 0) is 26.0 Å². The Kier molecular flexibility index (Phi) is 5.21. The van der Waals surface area contributed by atoms with Crippen LogP contribution in [0.25, 0.3) is 11.1 Å². The summed E-state index contributed by atoms with van der Waals surface area (Å²) in [6.45, 7) is 3.40. The Morgan fingerprint density at radius 3 is 2.86 bits per heavy atom. The van der Waals surface area contributed by atoms with E-state index < -0.39 is 5.97 Å². The molecule has 2 aromatic rings. The number of carbonyl (C=O) groups excluding carboxylic acids is 2. The Morgan fingerprint density at radius 1 is 1.38 bits per heavy atom. The number of hydrogen-bond acceptors (Lipinski definition) is 6. The molecule has 112 valence electrons. The van der Waals surface area contributed by atoms with E-state index in [4.69, 9.17) is 9.15 Å². The van der Waals surface area contributed by atoms with Crippen LogP contribution in [0, 0.1) is 0 Å². The summed E-state index contributed by atoms with van der Waals surface area (Å²) in [7, 11) is 0. The number of oxazole rings is 1. The lowest BCUT2D eigenvalue weighted by atomic mass is 10.3. The molecule has 0 spiro atoms. The quantitative estimate of drug-likeness (QED) is 0.649. The van der Waals surface area contributed by atoms with Gasteiger partial charge < -0.3 is 14.5 Å². The SMILES string of the molecule is CC(C)NC(=O)COC(=O)CSc1nc2ccccc2o1. The summed E-state index contributed by atoms with van der Waals surface area (Å²) in [5.74, 6) is -0.756. The number of ether oxygens (including phenoxy) is 1. The van der Waals surface area contributed by atoms with Crippen LogP contribution in [0.2, 0.25) is 0 Å². The summed E-state index contributed by atoms with van der Waals surface area (Å²) in [4.78, 5) is 27.1. The van der Waals surface area contributed by atoms with Crippen molar-refractivity contribution in [3.8, 4) is 0 Å². The average molecular weight is 308 g/mol. The third kappa shape index (κ3) is 4.78. The number of nitrogens with one attached hydrogen (secondary N) is 1. The lowest BCUT2D eigenvalue weighted by molar-refractivity contribution is -0.146. The number of para-hydroxylation sites is 2. The fourth-order valence-corrected chi connectivity index (χ4v) is 2.22. The van der Waals surface area contributed by atoms with E-state index in [0.29, 0.717) is 10.8 Å². The zero-order valence-electron chi connectivity index (χ0n) is 11.8. The highest BCUT2D eigenvalue weighted by atomic mass is 32.2. The van der Waals surface area contributed by atoms with E-state index in [1.165, 1.54) is 0 Å². The standard InChI is InChI=1S/C14H16N2O4S/c1-9(2)15-12(17)7-19-13(18)8-21-14-16-10-5-3-4-6-11(10)20-14/h3-6,9H,7-8H2,1-2H3,(H,15,17). The summed E-state index contributed by atoms with van der Waals surface area (Å²) in [6.07, 6.45) is 0. The first-order chi connectivity index (χ1) is 10.0. The Balaban J connectivity index is 1.77. The van der Waals surface area contributed by atoms with Crippen molar-refractivity contribution in [1.29, 1.82) is 0 Å². The Morgan fingerprint density at radius 2 is 2.14 bits per heavy atom. The first kappa shape index (κ1) is 15.4. The van der Waals surface area contributed by atoms with E-state index in [9.17, 15) is 9.59 Å². The van der Waals surface area contributed by atoms with Crippen LogP contribution < -0.4 is 5.32 Å². The molecule has 0 aliphatic heterocycles. The molecule has 1 heterocycles. The zero-order valence-corrected chi connectivity index (χ0v) is 12.6. The van der Waals surface area contributed by atoms with Crippen LogP contribution >= 0.6 is 11.8 Å². The lowest BCUT2D eigenvalue weighted by Crippen LogP contribution is -2.34. The number of fused-ring (bicyclic) bond motifs is 1. The normalized spacial score (nSPS) is 10.8. The van der Waals surface area contributed by atoms with Gasteiger partial charge in [-0.25, -0.2) is 4.98 Å². The van der Waals surface area contributed by atoms with E-state index in [1.807, 2.05) is 32.0 Å². The number of amides is 1. The maximum Gasteiger partial charge on any atom is 0.316 e. The van der Waals surface area contributed by atoms with E-state index in [2.05, 4.69) is 10.3 Å². The first-order valence-electron chi connectivity index (χ1n) is 6.48. The number of aromatic nitrogens is 1. The molecule has 2 rings (SSSR count). The first-order valence-corrected chi connectivity index (χ1v) is 7.46. The molecule has 1 aromatic heterocycles. The number of hydrogen-bond donors (Lipinski definition) is 1. The topological polar surface area (TPSA) is 81.4 Å². The van der Waals surface area contributed by atoms with Crippen LogP contribution in [0.4, 0.5) is 0 Å². The number of benzene rings is 1. The molecule has 0 saturated heterocycles. The average Bonchev–Trinajstić information content (AvgIpc) is 2.85. The van der Waals surface area contributed by atoms with Gasteiger partial charge in [0.2, 0.25) is 0 Å². The summed E-state index contributed by atoms with van der Waals surface area (Å²) in [5.41, 5.74) is 1.41. The Bertz CT molecular complexity index is 606. The zero-order chi connectivity index (χ0) is 15.2. The molecular weight excluding hydrogens is 292 g/mol. The van der Waals surface area contributed by atoms with Crippen LogP contribution in [0.5, 0.6) is 0 Å². The van der Waals surface area contributed by atoms with Gasteiger partial charge in [0.25, 0.3) is 11.1 Å². The van der Waals surface area contributed by atoms with Gasteiger partial charge in [-0.15, -0.1) is 0 Å². The molecule has 7 heteroatoms. The second-order valence-electron chi connectivity index (χ2n) is 4.62. The van der Waals surface area contributed by atoms with Gasteiger partial charge >= 0.3 is 5.97 Å². The molecule has 0 fully saturated rings. The van der Waals surface area contributed by atoms with E-state index in [1.54, 1.807) is 6.07 Å². The van der Waals surface area contributed by atoms with Crippen molar-refractivity contribution < 1.29 is 18.7 Å². The Labute approximate surface area is 126 Å². The van der Waals surface area contributed by atoms with Crippen LogP contribution in [-0.4, -0.2) is 35.3 Å². The third-order valence-corrected chi connectivity index (χ3v) is 3.20. The molecule has 0 bridgehead atoms. The van der Waals surface area contributed by atoms with Crippen molar-refractivity contribution >= 4 is 34.7 Å². The molecule has 0 saturated carbocycles. The molecule has 0 atom stereocenters. The van der Waals surface area contributed by atoms with Gasteiger partial charge in [0.05, 0.1) is 0 Å². The Hall–Kier alpha value is -2.02. The molecule has 21 heavy (non-hydrogen) atoms. The van der Waals surface area contributed by atoms with Crippen LogP contribution in [0.1, 0.15) is 13.8 Å². The van der Waals surface area contributed by atoms with Crippen molar-refractivity contribution in [2.75, 3.05) is 12.4 Å². The third-order valence-electron chi connectivity index (χ3n) is 2.40. The maximum absolute atomic E-state index is 11.5. The van der Waals surface area contributed by atoms with Crippen LogP contribution in [0.15, 0.2) is 33.9 Å². The number of nitrogens with zero attached hydrogens (tertiary/aromatic N) is 1. The summed E-state index contributed by atoms with van der Waals surface area (Å²) >= 11 is 1.14. The molecule has 0 unspecified atom stereocenters. The van der Waals surface area contributed by atoms with Gasteiger partial charge in [0.1, 0.15) is 11.3 Å². The molecule has 0 radical (unpaired) electrons. The number of rotatable bonds is 6. The molecule has 1 N–H and O–H groups in total. The maximum atomic E-state index is 11.5. The van der Waals surface area contributed by atoms with Gasteiger partial charge in [0, 0.05) is 6.04 Å². The van der Waals surface area contributed by atoms with E-state index in [0.717, 1.165) is 17.3 Å². The molecule has 6 nitrogen and oxygen atoms in total. The van der Waals surface area contributed by atoms with Crippen molar-refractivity contribution in [3.63, 3.8) is 0 Å². The smallest absolute Gasteiger partial charge is 0.316 e. The van der Waals surface area contributed by atoms with Gasteiger partial charge in [-0.1, -0.05) is 23.9 Å². The van der Waals surface area contributed by atoms with Crippen molar-refractivity contribution in [2.24, 2.45) is 0 Å². The fraction of sp³-hybridized carbons (Fsp3) is 0.357. The van der Waals surface area contributed by atoms with E-state index >= 15 is 0 Å². The van der Waals surface area contributed by atoms with Crippen LogP contribution in [0.3, 0.4) is 0 Å². The minimum atomic E-state index is -0.485. The van der Waals surface area contributed by atoms with E-state index in [-0.39, 0.29) is 24.3 Å². The highest BCUT2D eigenvalue weighted by molar-refractivity contribution is 7.99. The lowest BCUT2D eigenvalue weighted by Gasteiger charge is -2.08. The summed E-state index contributed by atoms with van der Waals surface area (Å²) < 4.78 is 10.3. The predicted octanol–water partition coefficient (Wildman–Crippen LogP) is 1.99. The van der Waals surface area contributed by atoms with Gasteiger partial charge in [0.15, 0.2) is 12.2 Å². The molecule has 0 aliphatic rings. The second-order valence-corrected chi connectivity index (χ2v) is 5.55. The minimum Gasteiger partial charge on any atom is -0.455 e. The fourth-order valence-electron chi connectivity index (χ4n) is 1.58. The monoisotopic (exact) mass is 308 g/mol. The van der Waals surface area contributed by atoms with Crippen LogP contribution in [-0.2, 0) is 14.3 Å². The highest BCUT2D eigenvalue weighted by Crippen LogP contribution is 2.22. The minimum absolute atomic E-state index is 0.0188. The summed E-state index contributed by atoms with van der Waals surface area (Å²) in [6, 6.07) is 7.37. The number of thioether (sulfide) groups is 1. The molecular formula is C14H16N2O4S. The second kappa shape index (κ2) is 7.12. The van der Waals surface area contributed by atoms with Crippen molar-refractivity contribution in [3.05, 3.63) is 24.3 Å². The van der Waals surface area contributed by atoms with Crippen molar-refractivity contribution in [2.45, 2.75) is 25.1 Å². The molecule has 0 aliphatic carbocycles. The van der Waals surface area contributed by atoms with Crippen molar-refractivity contribution in [1.82, 2.24) is 10.3 Å². The van der Waals surface area contributed by atoms with Gasteiger partial charge in [-0.2, -0.15) is 0 Å². The van der Waals surface area contributed by atoms with Gasteiger partial charge in [-0.3, -0.25) is 9.59 Å². The number of carbonyl (C=O) groups is 2. The predicted molar refractivity (Wildman–Crippen MR) is 79.0 cm³/mol. The largest absolute Gasteiger partial charge is 0.455 e. The summed E-state index contributed by atoms with van der Waals surface area (Å²) in [5, 5.41) is 3.04. The number of esters is 1. The molecule has 1 aromatic carbocycles. The highest BCUT2D eigenvalue weighted by Gasteiger charge is 2.12.